The lowest BCUT2D eigenvalue weighted by atomic mass is 10.1. The van der Waals surface area contributed by atoms with Gasteiger partial charge in [0, 0.05) is 19.8 Å². The molecule has 39 heavy (non-hydrogen) atoms. The number of thiocarbonyl (C=S) groups is 1. The molecule has 5 nitrogen and oxygen atoms in total. The normalized spacial score (nSPS) is 14.4. The maximum absolute atomic E-state index is 13.3. The molecule has 0 aromatic heterocycles. The van der Waals surface area contributed by atoms with Gasteiger partial charge >= 0.3 is 0 Å². The van der Waals surface area contributed by atoms with Crippen LogP contribution >= 0.6 is 39.9 Å². The minimum atomic E-state index is -0.145. The van der Waals surface area contributed by atoms with Gasteiger partial charge in [0.1, 0.15) is 6.61 Å². The summed E-state index contributed by atoms with van der Waals surface area (Å²) in [4.78, 5) is 17.5. The van der Waals surface area contributed by atoms with Crippen molar-refractivity contribution in [2.45, 2.75) is 13.5 Å². The maximum Gasteiger partial charge on any atom is 0.270 e. The van der Waals surface area contributed by atoms with Crippen molar-refractivity contribution in [3.63, 3.8) is 0 Å². The number of hydrogen-bond acceptors (Lipinski definition) is 6. The fourth-order valence-corrected chi connectivity index (χ4v) is 6.26. The summed E-state index contributed by atoms with van der Waals surface area (Å²) in [5.74, 6) is 1.08. The van der Waals surface area contributed by atoms with Crippen LogP contribution in [0.5, 0.6) is 11.5 Å². The molecule has 198 valence electrons. The molecule has 0 unspecified atom stereocenters. The summed E-state index contributed by atoms with van der Waals surface area (Å²) in [5.41, 5.74) is 3.70. The van der Waals surface area contributed by atoms with Gasteiger partial charge in [-0.15, -0.1) is 0 Å². The predicted molar refractivity (Wildman–Crippen MR) is 170 cm³/mol. The molecular formula is C31H27BrN2O3S2. The number of fused-ring (bicyclic) bond motifs is 1. The average Bonchev–Trinajstić information content (AvgIpc) is 3.20. The molecule has 1 saturated heterocycles. The van der Waals surface area contributed by atoms with Crippen LogP contribution in [0.1, 0.15) is 18.1 Å². The lowest BCUT2D eigenvalue weighted by Crippen LogP contribution is -2.27. The van der Waals surface area contributed by atoms with Gasteiger partial charge in [0.05, 0.1) is 21.7 Å². The third-order valence-electron chi connectivity index (χ3n) is 6.30. The van der Waals surface area contributed by atoms with Crippen LogP contribution < -0.4 is 19.3 Å². The van der Waals surface area contributed by atoms with Crippen molar-refractivity contribution < 1.29 is 14.3 Å². The van der Waals surface area contributed by atoms with Crippen LogP contribution in [0.3, 0.4) is 0 Å². The first-order valence-electron chi connectivity index (χ1n) is 12.5. The smallest absolute Gasteiger partial charge is 0.270 e. The summed E-state index contributed by atoms with van der Waals surface area (Å²) < 4.78 is 13.5. The van der Waals surface area contributed by atoms with E-state index in [1.165, 1.54) is 17.1 Å². The second-order valence-corrected chi connectivity index (χ2v) is 11.6. The molecule has 0 spiro atoms. The molecule has 1 fully saturated rings. The van der Waals surface area contributed by atoms with E-state index >= 15 is 0 Å². The Morgan fingerprint density at radius 3 is 2.49 bits per heavy atom. The van der Waals surface area contributed by atoms with Crippen LogP contribution in [0.2, 0.25) is 0 Å². The van der Waals surface area contributed by atoms with Gasteiger partial charge in [-0.05, 0) is 87.2 Å². The van der Waals surface area contributed by atoms with Gasteiger partial charge < -0.3 is 14.4 Å². The summed E-state index contributed by atoms with van der Waals surface area (Å²) in [6.45, 7) is 2.80. The highest BCUT2D eigenvalue weighted by atomic mass is 79.9. The van der Waals surface area contributed by atoms with Crippen LogP contribution in [0.25, 0.3) is 16.8 Å². The summed E-state index contributed by atoms with van der Waals surface area (Å²) in [6, 6.07) is 26.0. The average molecular weight is 620 g/mol. The van der Waals surface area contributed by atoms with Gasteiger partial charge in [-0.25, -0.2) is 0 Å². The van der Waals surface area contributed by atoms with E-state index in [9.17, 15) is 4.79 Å². The first-order valence-corrected chi connectivity index (χ1v) is 14.5. The zero-order valence-corrected chi connectivity index (χ0v) is 25.0. The van der Waals surface area contributed by atoms with Crippen molar-refractivity contribution in [3.05, 3.63) is 99.4 Å². The summed E-state index contributed by atoms with van der Waals surface area (Å²) in [5, 5.41) is 2.33. The van der Waals surface area contributed by atoms with E-state index in [1.807, 2.05) is 86.6 Å². The van der Waals surface area contributed by atoms with Gasteiger partial charge in [0.25, 0.3) is 5.91 Å². The van der Waals surface area contributed by atoms with Gasteiger partial charge in [-0.2, -0.15) is 0 Å². The third kappa shape index (κ3) is 5.83. The van der Waals surface area contributed by atoms with Gasteiger partial charge in [0.2, 0.25) is 0 Å². The van der Waals surface area contributed by atoms with Crippen LogP contribution in [0.15, 0.2) is 88.2 Å². The van der Waals surface area contributed by atoms with E-state index in [-0.39, 0.29) is 5.91 Å². The Balaban J connectivity index is 1.40. The minimum Gasteiger partial charge on any atom is -0.490 e. The number of nitrogens with zero attached hydrogens (tertiary/aromatic N) is 2. The van der Waals surface area contributed by atoms with Crippen molar-refractivity contribution >= 4 is 78.4 Å². The predicted octanol–water partition coefficient (Wildman–Crippen LogP) is 8.05. The minimum absolute atomic E-state index is 0.145. The number of amides is 1. The van der Waals surface area contributed by atoms with E-state index in [2.05, 4.69) is 40.2 Å². The number of carbonyl (C=O) groups is 1. The molecule has 0 atom stereocenters. The van der Waals surface area contributed by atoms with Gasteiger partial charge in [-0.3, -0.25) is 9.69 Å². The lowest BCUT2D eigenvalue weighted by molar-refractivity contribution is -0.113. The standard InChI is InChI=1S/C31H27BrN2O3S2/c1-4-36-27-17-20(16-26(32)29(27)37-19-22-10-7-9-21-8-5-6-11-25(21)22)18-28-30(35)34(31(38)39-28)24-14-12-23(13-15-24)33(2)3/h5-18H,4,19H2,1-3H3/b28-18+. The number of rotatable bonds is 8. The van der Waals surface area contributed by atoms with Crippen molar-refractivity contribution in [1.82, 2.24) is 0 Å². The first kappa shape index (κ1) is 27.2. The van der Waals surface area contributed by atoms with Gasteiger partial charge in [0.15, 0.2) is 15.8 Å². The number of ether oxygens (including phenoxy) is 2. The molecule has 8 heteroatoms. The summed E-state index contributed by atoms with van der Waals surface area (Å²) in [6.07, 6.45) is 1.84. The quantitative estimate of drug-likeness (QED) is 0.147. The van der Waals surface area contributed by atoms with E-state index in [4.69, 9.17) is 21.7 Å². The van der Waals surface area contributed by atoms with Crippen molar-refractivity contribution in [1.29, 1.82) is 0 Å². The molecule has 5 rings (SSSR count). The molecule has 0 saturated carbocycles. The fraction of sp³-hybridized carbons (Fsp3) is 0.161. The molecule has 1 amide bonds. The Hall–Kier alpha value is -3.33. The van der Waals surface area contributed by atoms with Crippen LogP contribution in [0, 0.1) is 0 Å². The summed E-state index contributed by atoms with van der Waals surface area (Å²) >= 11 is 10.5. The third-order valence-corrected chi connectivity index (χ3v) is 8.19. The van der Waals surface area contributed by atoms with Crippen LogP contribution in [-0.4, -0.2) is 30.9 Å². The number of carbonyl (C=O) groups excluding carboxylic acids is 1. The second kappa shape index (κ2) is 11.8. The van der Waals surface area contributed by atoms with E-state index < -0.39 is 0 Å². The Labute approximate surface area is 246 Å². The number of anilines is 2. The van der Waals surface area contributed by atoms with Crippen LogP contribution in [-0.2, 0) is 11.4 Å². The van der Waals surface area contributed by atoms with Crippen LogP contribution in [0.4, 0.5) is 11.4 Å². The molecule has 0 aliphatic carbocycles. The van der Waals surface area contributed by atoms with Crippen molar-refractivity contribution in [2.75, 3.05) is 30.5 Å². The maximum atomic E-state index is 13.3. The van der Waals surface area contributed by atoms with Gasteiger partial charge in [-0.1, -0.05) is 66.4 Å². The number of hydrogen-bond donors (Lipinski definition) is 0. The lowest BCUT2D eigenvalue weighted by Gasteiger charge is -2.17. The molecule has 0 N–H and O–H groups in total. The second-order valence-electron chi connectivity index (χ2n) is 9.12. The Kier molecular flexibility index (Phi) is 8.26. The molecule has 1 aliphatic rings. The number of benzene rings is 4. The Morgan fingerprint density at radius 2 is 1.74 bits per heavy atom. The highest BCUT2D eigenvalue weighted by Crippen LogP contribution is 2.41. The SMILES string of the molecule is CCOc1cc(/C=C2/SC(=S)N(c3ccc(N(C)C)cc3)C2=O)cc(Br)c1OCc1cccc2ccccc12. The zero-order chi connectivity index (χ0) is 27.5. The van der Waals surface area contributed by atoms with E-state index in [0.29, 0.717) is 33.9 Å². The molecule has 1 heterocycles. The Bertz CT molecular complexity index is 1580. The first-order chi connectivity index (χ1) is 18.9. The molecule has 4 aromatic rings. The van der Waals surface area contributed by atoms with Crippen molar-refractivity contribution in [3.8, 4) is 11.5 Å². The highest BCUT2D eigenvalue weighted by molar-refractivity contribution is 9.10. The molecular weight excluding hydrogens is 592 g/mol. The van der Waals surface area contributed by atoms with Crippen molar-refractivity contribution in [2.24, 2.45) is 0 Å². The molecule has 0 radical (unpaired) electrons. The largest absolute Gasteiger partial charge is 0.490 e. The molecule has 4 aromatic carbocycles. The molecule has 1 aliphatic heterocycles. The summed E-state index contributed by atoms with van der Waals surface area (Å²) in [7, 11) is 3.96. The fourth-order valence-electron chi connectivity index (χ4n) is 4.38. The molecule has 0 bridgehead atoms. The van der Waals surface area contributed by atoms with E-state index in [0.717, 1.165) is 32.4 Å². The zero-order valence-electron chi connectivity index (χ0n) is 21.8. The topological polar surface area (TPSA) is 42.0 Å². The number of thioether (sulfide) groups is 1. The number of halogens is 1. The van der Waals surface area contributed by atoms with E-state index in [1.54, 1.807) is 4.90 Å². The monoisotopic (exact) mass is 618 g/mol. The highest BCUT2D eigenvalue weighted by Gasteiger charge is 2.33. The Morgan fingerprint density at radius 1 is 1.00 bits per heavy atom.